The summed E-state index contributed by atoms with van der Waals surface area (Å²) in [6, 6.07) is 6.08. The van der Waals surface area contributed by atoms with Crippen LogP contribution in [0.4, 0.5) is 5.69 Å². The van der Waals surface area contributed by atoms with Gasteiger partial charge in [-0.25, -0.2) is 0 Å². The summed E-state index contributed by atoms with van der Waals surface area (Å²) in [5.41, 5.74) is 16.7. The van der Waals surface area contributed by atoms with Gasteiger partial charge in [0.15, 0.2) is 0 Å². The molecule has 0 radical (unpaired) electrons. The van der Waals surface area contributed by atoms with Crippen LogP contribution in [-0.4, -0.2) is 5.54 Å². The van der Waals surface area contributed by atoms with Gasteiger partial charge in [-0.1, -0.05) is 50.5 Å². The summed E-state index contributed by atoms with van der Waals surface area (Å²) in [4.78, 5) is 0. The second-order valence-corrected chi connectivity index (χ2v) is 5.96. The van der Waals surface area contributed by atoms with Crippen molar-refractivity contribution < 1.29 is 0 Å². The average Bonchev–Trinajstić information content (AvgIpc) is 2.41. The van der Waals surface area contributed by atoms with E-state index >= 15 is 0 Å². The summed E-state index contributed by atoms with van der Waals surface area (Å²) in [5.74, 6) is 0. The normalized spacial score (nSPS) is 21.9. The maximum absolute atomic E-state index is 6.45. The topological polar surface area (TPSA) is 52.0 Å². The van der Waals surface area contributed by atoms with Crippen LogP contribution in [0, 0.1) is 6.92 Å². The lowest BCUT2D eigenvalue weighted by molar-refractivity contribution is 0.460. The second kappa shape index (κ2) is 6.27. The molecule has 1 aromatic carbocycles. The number of rotatable bonds is 5. The van der Waals surface area contributed by atoms with Crippen LogP contribution in [0.1, 0.15) is 50.2 Å². The molecule has 1 aliphatic rings. The van der Waals surface area contributed by atoms with Gasteiger partial charge in [-0.15, -0.1) is 0 Å². The van der Waals surface area contributed by atoms with Crippen LogP contribution in [0.25, 0.3) is 5.57 Å². The van der Waals surface area contributed by atoms with Gasteiger partial charge in [-0.05, 0) is 48.6 Å². The van der Waals surface area contributed by atoms with E-state index in [1.807, 2.05) is 12.1 Å². The molecule has 1 unspecified atom stereocenters. The Morgan fingerprint density at radius 3 is 2.65 bits per heavy atom. The van der Waals surface area contributed by atoms with Gasteiger partial charge in [0.2, 0.25) is 0 Å². The molecule has 2 nitrogen and oxygen atoms in total. The highest BCUT2D eigenvalue weighted by Gasteiger charge is 2.23. The van der Waals surface area contributed by atoms with Crippen LogP contribution in [0.15, 0.2) is 36.4 Å². The lowest BCUT2D eigenvalue weighted by Gasteiger charge is -2.28. The van der Waals surface area contributed by atoms with Crippen molar-refractivity contribution in [1.82, 2.24) is 0 Å². The largest absolute Gasteiger partial charge is 0.399 e. The minimum atomic E-state index is -0.152. The molecular formula is C18H26N2. The first-order valence-electron chi connectivity index (χ1n) is 7.59. The number of unbranched alkanes of at least 4 members (excludes halogenated alkanes) is 2. The number of allylic oxidation sites excluding steroid dienone is 2. The van der Waals surface area contributed by atoms with Crippen molar-refractivity contribution in [2.45, 2.75) is 51.5 Å². The van der Waals surface area contributed by atoms with Gasteiger partial charge in [0.25, 0.3) is 0 Å². The first-order valence-corrected chi connectivity index (χ1v) is 7.59. The summed E-state index contributed by atoms with van der Waals surface area (Å²) in [6.45, 7) is 4.33. The third-order valence-corrected chi connectivity index (χ3v) is 4.10. The Kier molecular flexibility index (Phi) is 4.66. The zero-order chi connectivity index (χ0) is 14.6. The Morgan fingerprint density at radius 1 is 1.25 bits per heavy atom. The molecule has 0 saturated heterocycles. The van der Waals surface area contributed by atoms with Crippen LogP contribution < -0.4 is 11.5 Å². The van der Waals surface area contributed by atoms with Crippen molar-refractivity contribution in [3.8, 4) is 0 Å². The molecule has 2 heteroatoms. The van der Waals surface area contributed by atoms with Crippen LogP contribution in [-0.2, 0) is 0 Å². The quantitative estimate of drug-likeness (QED) is 0.622. The van der Waals surface area contributed by atoms with Gasteiger partial charge in [-0.3, -0.25) is 0 Å². The van der Waals surface area contributed by atoms with Gasteiger partial charge in [0.05, 0.1) is 0 Å². The Balaban J connectivity index is 2.08. The number of nitrogens with two attached hydrogens (primary N) is 2. The van der Waals surface area contributed by atoms with Crippen molar-refractivity contribution in [3.63, 3.8) is 0 Å². The van der Waals surface area contributed by atoms with Crippen molar-refractivity contribution in [2.24, 2.45) is 5.73 Å². The Morgan fingerprint density at radius 2 is 2.05 bits per heavy atom. The molecule has 0 fully saturated rings. The van der Waals surface area contributed by atoms with Gasteiger partial charge in [-0.2, -0.15) is 0 Å². The fraction of sp³-hybridized carbons (Fsp3) is 0.444. The predicted molar refractivity (Wildman–Crippen MR) is 88.4 cm³/mol. The first kappa shape index (κ1) is 14.9. The number of nitrogen functional groups attached to an aromatic ring is 1. The average molecular weight is 270 g/mol. The summed E-state index contributed by atoms with van der Waals surface area (Å²) < 4.78 is 0. The zero-order valence-corrected chi connectivity index (χ0v) is 12.7. The zero-order valence-electron chi connectivity index (χ0n) is 12.7. The lowest BCUT2D eigenvalue weighted by atomic mass is 9.83. The molecule has 108 valence electrons. The fourth-order valence-corrected chi connectivity index (χ4v) is 2.79. The molecule has 1 atom stereocenters. The molecule has 0 spiro atoms. The van der Waals surface area contributed by atoms with E-state index in [2.05, 4.69) is 38.1 Å². The van der Waals surface area contributed by atoms with E-state index in [4.69, 9.17) is 11.5 Å². The minimum absolute atomic E-state index is 0.152. The van der Waals surface area contributed by atoms with Crippen molar-refractivity contribution >= 4 is 11.3 Å². The van der Waals surface area contributed by atoms with Crippen LogP contribution in [0.5, 0.6) is 0 Å². The molecule has 2 rings (SSSR count). The number of aryl methyl sites for hydroxylation is 1. The first-order chi connectivity index (χ1) is 9.54. The standard InChI is InChI=1S/C18H26N2/c1-3-4-5-10-18(20)11-8-15(9-12-18)17-7-6-16(19)13-14(17)2/h6-9,11,13H,3-5,10,12,19-20H2,1-2H3. The highest BCUT2D eigenvalue weighted by molar-refractivity contribution is 5.78. The van der Waals surface area contributed by atoms with Gasteiger partial charge >= 0.3 is 0 Å². The predicted octanol–water partition coefficient (Wildman–Crippen LogP) is 4.20. The maximum Gasteiger partial charge on any atom is 0.0377 e. The summed E-state index contributed by atoms with van der Waals surface area (Å²) >= 11 is 0. The molecule has 0 aliphatic heterocycles. The van der Waals surface area contributed by atoms with Crippen molar-refractivity contribution in [3.05, 3.63) is 47.6 Å². The highest BCUT2D eigenvalue weighted by atomic mass is 14.7. The lowest BCUT2D eigenvalue weighted by Crippen LogP contribution is -2.38. The van der Waals surface area contributed by atoms with E-state index in [1.165, 1.54) is 36.0 Å². The minimum Gasteiger partial charge on any atom is -0.399 e. The monoisotopic (exact) mass is 270 g/mol. The Labute approximate surface area is 122 Å². The molecule has 0 heterocycles. The third-order valence-electron chi connectivity index (χ3n) is 4.10. The summed E-state index contributed by atoms with van der Waals surface area (Å²) in [6.07, 6.45) is 12.3. The van der Waals surface area contributed by atoms with E-state index in [9.17, 15) is 0 Å². The molecule has 1 aliphatic carbocycles. The number of hydrogen-bond acceptors (Lipinski definition) is 2. The van der Waals surface area contributed by atoms with Gasteiger partial charge < -0.3 is 11.5 Å². The smallest absolute Gasteiger partial charge is 0.0377 e. The maximum atomic E-state index is 6.45. The highest BCUT2D eigenvalue weighted by Crippen LogP contribution is 2.30. The number of hydrogen-bond donors (Lipinski definition) is 2. The molecular weight excluding hydrogens is 244 g/mol. The van der Waals surface area contributed by atoms with Crippen LogP contribution in [0.2, 0.25) is 0 Å². The summed E-state index contributed by atoms with van der Waals surface area (Å²) in [7, 11) is 0. The Hall–Kier alpha value is -1.54. The van der Waals surface area contributed by atoms with E-state index < -0.39 is 0 Å². The van der Waals surface area contributed by atoms with Crippen molar-refractivity contribution in [2.75, 3.05) is 5.73 Å². The SMILES string of the molecule is CCCCCC1(N)C=CC(c2ccc(N)cc2C)=CC1. The molecule has 20 heavy (non-hydrogen) atoms. The molecule has 1 aromatic rings. The van der Waals surface area contributed by atoms with E-state index in [0.717, 1.165) is 18.5 Å². The number of anilines is 1. The van der Waals surface area contributed by atoms with E-state index in [0.29, 0.717) is 0 Å². The van der Waals surface area contributed by atoms with E-state index in [1.54, 1.807) is 0 Å². The van der Waals surface area contributed by atoms with Gasteiger partial charge in [0.1, 0.15) is 0 Å². The second-order valence-electron chi connectivity index (χ2n) is 5.96. The Bertz CT molecular complexity index is 528. The van der Waals surface area contributed by atoms with Gasteiger partial charge in [0, 0.05) is 11.2 Å². The summed E-state index contributed by atoms with van der Waals surface area (Å²) in [5, 5.41) is 0. The van der Waals surface area contributed by atoms with E-state index in [-0.39, 0.29) is 5.54 Å². The molecule has 0 bridgehead atoms. The molecule has 4 N–H and O–H groups in total. The van der Waals surface area contributed by atoms with Crippen LogP contribution >= 0.6 is 0 Å². The van der Waals surface area contributed by atoms with Crippen molar-refractivity contribution in [1.29, 1.82) is 0 Å². The third kappa shape index (κ3) is 3.51. The number of benzene rings is 1. The molecule has 0 saturated carbocycles. The fourth-order valence-electron chi connectivity index (χ4n) is 2.79. The van der Waals surface area contributed by atoms with Crippen LogP contribution in [0.3, 0.4) is 0 Å². The molecule has 0 amide bonds. The molecule has 0 aromatic heterocycles.